The molecule has 1 amide bonds. The number of halogens is 1. The molecule has 0 saturated carbocycles. The SMILES string of the molecule is O=C(O)C1CN(C(=O)c2sccc2Br)Cc2ccccc21. The van der Waals surface area contributed by atoms with Crippen LogP contribution in [0.1, 0.15) is 26.7 Å². The molecule has 0 spiro atoms. The molecule has 4 nitrogen and oxygen atoms in total. The van der Waals surface area contributed by atoms with Crippen LogP contribution in [0.5, 0.6) is 0 Å². The van der Waals surface area contributed by atoms with E-state index in [2.05, 4.69) is 15.9 Å². The smallest absolute Gasteiger partial charge is 0.312 e. The van der Waals surface area contributed by atoms with Crippen LogP contribution in [0.15, 0.2) is 40.2 Å². The number of carbonyl (C=O) groups is 2. The average Bonchev–Trinajstić information content (AvgIpc) is 2.91. The van der Waals surface area contributed by atoms with Crippen LogP contribution in [-0.4, -0.2) is 28.4 Å². The maximum absolute atomic E-state index is 12.6. The second kappa shape index (κ2) is 5.61. The summed E-state index contributed by atoms with van der Waals surface area (Å²) in [4.78, 5) is 26.3. The predicted molar refractivity (Wildman–Crippen MR) is 83.6 cm³/mol. The fraction of sp³-hybridized carbons (Fsp3) is 0.200. The molecule has 3 rings (SSSR count). The first-order valence-corrected chi connectivity index (χ1v) is 8.08. The number of thiophene rings is 1. The van der Waals surface area contributed by atoms with Gasteiger partial charge in [0.2, 0.25) is 0 Å². The molecule has 0 saturated heterocycles. The highest BCUT2D eigenvalue weighted by atomic mass is 79.9. The van der Waals surface area contributed by atoms with Crippen molar-refractivity contribution in [3.63, 3.8) is 0 Å². The van der Waals surface area contributed by atoms with Gasteiger partial charge in [-0.1, -0.05) is 24.3 Å². The minimum atomic E-state index is -0.898. The molecule has 2 heterocycles. The molecule has 1 aliphatic heterocycles. The molecule has 21 heavy (non-hydrogen) atoms. The van der Waals surface area contributed by atoms with Gasteiger partial charge in [-0.2, -0.15) is 0 Å². The standard InChI is InChI=1S/C15H12BrNO3S/c16-12-5-6-21-13(12)14(18)17-7-9-3-1-2-4-10(9)11(8-17)15(19)20/h1-6,11H,7-8H2,(H,19,20). The van der Waals surface area contributed by atoms with E-state index in [0.29, 0.717) is 11.4 Å². The minimum Gasteiger partial charge on any atom is -0.481 e. The summed E-state index contributed by atoms with van der Waals surface area (Å²) in [6.07, 6.45) is 0. The number of nitrogens with zero attached hydrogens (tertiary/aromatic N) is 1. The van der Waals surface area contributed by atoms with Crippen LogP contribution in [-0.2, 0) is 11.3 Å². The predicted octanol–water partition coefficient (Wildman–Crippen LogP) is 3.33. The summed E-state index contributed by atoms with van der Waals surface area (Å²) in [5.41, 5.74) is 1.71. The second-order valence-electron chi connectivity index (χ2n) is 4.87. The topological polar surface area (TPSA) is 57.6 Å². The number of rotatable bonds is 2. The minimum absolute atomic E-state index is 0.127. The van der Waals surface area contributed by atoms with Crippen molar-refractivity contribution in [3.8, 4) is 0 Å². The Morgan fingerprint density at radius 3 is 2.71 bits per heavy atom. The Hall–Kier alpha value is -1.66. The highest BCUT2D eigenvalue weighted by Crippen LogP contribution is 2.31. The quantitative estimate of drug-likeness (QED) is 0.887. The van der Waals surface area contributed by atoms with Crippen molar-refractivity contribution < 1.29 is 14.7 Å². The molecular formula is C15H12BrNO3S. The van der Waals surface area contributed by atoms with Gasteiger partial charge in [0.1, 0.15) is 4.88 Å². The number of hydrogen-bond acceptors (Lipinski definition) is 3. The largest absolute Gasteiger partial charge is 0.481 e. The lowest BCUT2D eigenvalue weighted by atomic mass is 9.90. The molecule has 0 aliphatic carbocycles. The third-order valence-corrected chi connectivity index (χ3v) is 5.42. The number of fused-ring (bicyclic) bond motifs is 1. The average molecular weight is 366 g/mol. The second-order valence-corrected chi connectivity index (χ2v) is 6.64. The van der Waals surface area contributed by atoms with Crippen molar-refractivity contribution >= 4 is 39.1 Å². The molecule has 1 atom stereocenters. The highest BCUT2D eigenvalue weighted by molar-refractivity contribution is 9.10. The molecule has 0 bridgehead atoms. The number of aliphatic carboxylic acids is 1. The van der Waals surface area contributed by atoms with Gasteiger partial charge in [-0.05, 0) is 38.5 Å². The van der Waals surface area contributed by atoms with E-state index in [0.717, 1.165) is 15.6 Å². The summed E-state index contributed by atoms with van der Waals surface area (Å²) in [5.74, 6) is -1.69. The first-order valence-electron chi connectivity index (χ1n) is 6.41. The first-order chi connectivity index (χ1) is 10.1. The molecule has 1 aromatic carbocycles. The zero-order valence-corrected chi connectivity index (χ0v) is 13.4. The molecule has 0 fully saturated rings. The van der Waals surface area contributed by atoms with Crippen LogP contribution in [0.25, 0.3) is 0 Å². The molecule has 1 N–H and O–H groups in total. The van der Waals surface area contributed by atoms with E-state index in [1.807, 2.05) is 35.7 Å². The van der Waals surface area contributed by atoms with Crippen molar-refractivity contribution in [2.45, 2.75) is 12.5 Å². The van der Waals surface area contributed by atoms with Crippen LogP contribution < -0.4 is 0 Å². The number of hydrogen-bond donors (Lipinski definition) is 1. The maximum Gasteiger partial charge on any atom is 0.312 e. The third-order valence-electron chi connectivity index (χ3n) is 3.59. The van der Waals surface area contributed by atoms with Gasteiger partial charge < -0.3 is 10.0 Å². The molecule has 1 aromatic heterocycles. The van der Waals surface area contributed by atoms with Crippen LogP contribution in [0.4, 0.5) is 0 Å². The molecule has 1 aliphatic rings. The van der Waals surface area contributed by atoms with E-state index in [-0.39, 0.29) is 12.5 Å². The van der Waals surface area contributed by atoms with Gasteiger partial charge >= 0.3 is 5.97 Å². The van der Waals surface area contributed by atoms with Gasteiger partial charge in [0.15, 0.2) is 0 Å². The third kappa shape index (κ3) is 2.61. The zero-order valence-electron chi connectivity index (χ0n) is 11.0. The van der Waals surface area contributed by atoms with Crippen LogP contribution in [0, 0.1) is 0 Å². The van der Waals surface area contributed by atoms with E-state index >= 15 is 0 Å². The van der Waals surface area contributed by atoms with Gasteiger partial charge in [-0.3, -0.25) is 9.59 Å². The summed E-state index contributed by atoms with van der Waals surface area (Å²) in [7, 11) is 0. The fourth-order valence-electron chi connectivity index (χ4n) is 2.56. The van der Waals surface area contributed by atoms with Crippen molar-refractivity contribution in [2.24, 2.45) is 0 Å². The zero-order chi connectivity index (χ0) is 15.0. The molecule has 6 heteroatoms. The fourth-order valence-corrected chi connectivity index (χ4v) is 4.07. The maximum atomic E-state index is 12.6. The van der Waals surface area contributed by atoms with Crippen molar-refractivity contribution in [1.29, 1.82) is 0 Å². The van der Waals surface area contributed by atoms with Crippen molar-refractivity contribution in [3.05, 3.63) is 56.2 Å². The Labute approximate surface area is 134 Å². The van der Waals surface area contributed by atoms with Gasteiger partial charge in [-0.25, -0.2) is 0 Å². The van der Waals surface area contributed by atoms with E-state index in [4.69, 9.17) is 0 Å². The highest BCUT2D eigenvalue weighted by Gasteiger charge is 2.33. The normalized spacial score (nSPS) is 17.4. The van der Waals surface area contributed by atoms with E-state index < -0.39 is 11.9 Å². The summed E-state index contributed by atoms with van der Waals surface area (Å²) in [5, 5.41) is 11.3. The van der Waals surface area contributed by atoms with Crippen molar-refractivity contribution in [1.82, 2.24) is 4.90 Å². The van der Waals surface area contributed by atoms with Gasteiger partial charge in [0, 0.05) is 17.6 Å². The van der Waals surface area contributed by atoms with Crippen LogP contribution in [0.2, 0.25) is 0 Å². The Morgan fingerprint density at radius 1 is 1.29 bits per heavy atom. The van der Waals surface area contributed by atoms with Gasteiger partial charge in [-0.15, -0.1) is 11.3 Å². The first kappa shape index (κ1) is 14.3. The molecule has 2 aromatic rings. The summed E-state index contributed by atoms with van der Waals surface area (Å²) >= 11 is 4.71. The number of carbonyl (C=O) groups excluding carboxylic acids is 1. The van der Waals surface area contributed by atoms with Gasteiger partial charge in [0.25, 0.3) is 5.91 Å². The number of benzene rings is 1. The Balaban J connectivity index is 1.95. The Morgan fingerprint density at radius 2 is 2.05 bits per heavy atom. The molecular weight excluding hydrogens is 354 g/mol. The van der Waals surface area contributed by atoms with E-state index in [1.54, 1.807) is 4.90 Å². The molecule has 108 valence electrons. The number of carboxylic acids is 1. The van der Waals surface area contributed by atoms with Crippen LogP contribution in [0.3, 0.4) is 0 Å². The van der Waals surface area contributed by atoms with E-state index in [1.165, 1.54) is 11.3 Å². The lowest BCUT2D eigenvalue weighted by molar-refractivity contribution is -0.139. The summed E-state index contributed by atoms with van der Waals surface area (Å²) in [6.45, 7) is 0.651. The summed E-state index contributed by atoms with van der Waals surface area (Å²) in [6, 6.07) is 9.24. The van der Waals surface area contributed by atoms with E-state index in [9.17, 15) is 14.7 Å². The lowest BCUT2D eigenvalue weighted by Gasteiger charge is -2.32. The Kier molecular flexibility index (Phi) is 3.82. The monoisotopic (exact) mass is 365 g/mol. The molecule has 1 unspecified atom stereocenters. The number of amides is 1. The summed E-state index contributed by atoms with van der Waals surface area (Å²) < 4.78 is 0.753. The number of carboxylic acid groups (broad SMARTS) is 1. The Bertz CT molecular complexity index is 712. The van der Waals surface area contributed by atoms with Gasteiger partial charge in [0.05, 0.1) is 5.92 Å². The molecule has 0 radical (unpaired) electrons. The van der Waals surface area contributed by atoms with Crippen molar-refractivity contribution in [2.75, 3.05) is 6.54 Å². The van der Waals surface area contributed by atoms with Crippen LogP contribution >= 0.6 is 27.3 Å². The lowest BCUT2D eigenvalue weighted by Crippen LogP contribution is -2.40.